The van der Waals surface area contributed by atoms with Crippen LogP contribution in [0.2, 0.25) is 0 Å². The predicted octanol–water partition coefficient (Wildman–Crippen LogP) is 5.30. The summed E-state index contributed by atoms with van der Waals surface area (Å²) in [4.78, 5) is 21.8. The molecule has 10 heteroatoms. The Hall–Kier alpha value is -3.21. The molecule has 0 radical (unpaired) electrons. The van der Waals surface area contributed by atoms with Gasteiger partial charge in [-0.2, -0.15) is 0 Å². The van der Waals surface area contributed by atoms with Gasteiger partial charge in [-0.3, -0.25) is 9.52 Å². The predicted molar refractivity (Wildman–Crippen MR) is 147 cm³/mol. The van der Waals surface area contributed by atoms with Gasteiger partial charge in [0, 0.05) is 29.0 Å². The van der Waals surface area contributed by atoms with Crippen LogP contribution in [0.1, 0.15) is 49.7 Å². The maximum atomic E-state index is 13.2. The molecule has 1 saturated heterocycles. The fourth-order valence-corrected chi connectivity index (χ4v) is 6.25. The maximum absolute atomic E-state index is 13.2. The molecule has 3 N–H and O–H groups in total. The van der Waals surface area contributed by atoms with E-state index >= 15 is 0 Å². The number of nitrogens with one attached hydrogen (secondary N) is 3. The summed E-state index contributed by atoms with van der Waals surface area (Å²) in [5, 5.41) is 5.56. The summed E-state index contributed by atoms with van der Waals surface area (Å²) in [5.41, 5.74) is 2.87. The molecule has 1 aromatic carbocycles. The zero-order valence-electron chi connectivity index (χ0n) is 21.0. The number of aromatic nitrogens is 2. The number of carbonyl (C=O) groups excluding carboxylic acids is 1. The Kier molecular flexibility index (Phi) is 6.82. The van der Waals surface area contributed by atoms with Crippen LogP contribution in [0.25, 0.3) is 21.5 Å². The van der Waals surface area contributed by atoms with Crippen molar-refractivity contribution in [3.63, 3.8) is 0 Å². The molecule has 8 nitrogen and oxygen atoms in total. The van der Waals surface area contributed by atoms with E-state index in [2.05, 4.69) is 40.8 Å². The first-order chi connectivity index (χ1) is 17.6. The van der Waals surface area contributed by atoms with Gasteiger partial charge >= 0.3 is 0 Å². The molecule has 37 heavy (non-hydrogen) atoms. The first-order valence-electron chi connectivity index (χ1n) is 12.2. The van der Waals surface area contributed by atoms with Crippen LogP contribution >= 0.6 is 11.3 Å². The number of aromatic amines is 1. The lowest BCUT2D eigenvalue weighted by Gasteiger charge is -2.19. The second-order valence-electron chi connectivity index (χ2n) is 10.2. The summed E-state index contributed by atoms with van der Waals surface area (Å²) in [6, 6.07) is 12.4. The fraction of sp³-hybridized carbons (Fsp3) is 0.333. The summed E-state index contributed by atoms with van der Waals surface area (Å²) in [6.45, 7) is 7.39. The Balaban J connectivity index is 1.46. The van der Waals surface area contributed by atoms with Crippen molar-refractivity contribution in [1.29, 1.82) is 0 Å². The van der Waals surface area contributed by atoms with Crippen LogP contribution in [-0.2, 0) is 20.2 Å². The lowest BCUT2D eigenvalue weighted by atomic mass is 9.87. The average molecular weight is 539 g/mol. The monoisotopic (exact) mass is 538 g/mol. The Labute approximate surface area is 220 Å². The van der Waals surface area contributed by atoms with E-state index in [0.29, 0.717) is 34.5 Å². The van der Waals surface area contributed by atoms with Gasteiger partial charge in [-0.1, -0.05) is 39.0 Å². The van der Waals surface area contributed by atoms with E-state index in [1.807, 2.05) is 29.6 Å². The van der Waals surface area contributed by atoms with Crippen LogP contribution in [0.3, 0.4) is 0 Å². The highest BCUT2D eigenvalue weighted by Crippen LogP contribution is 2.36. The van der Waals surface area contributed by atoms with Crippen molar-refractivity contribution in [3.05, 3.63) is 65.3 Å². The highest BCUT2D eigenvalue weighted by atomic mass is 32.2. The van der Waals surface area contributed by atoms with Crippen molar-refractivity contribution in [1.82, 2.24) is 15.3 Å². The number of fused-ring (bicyclic) bond motifs is 1. The van der Waals surface area contributed by atoms with Crippen molar-refractivity contribution in [3.8, 4) is 10.4 Å². The number of thiophene rings is 1. The number of hydrogen-bond acceptors (Lipinski definition) is 6. The van der Waals surface area contributed by atoms with E-state index < -0.39 is 10.0 Å². The molecule has 1 fully saturated rings. The lowest BCUT2D eigenvalue weighted by Crippen LogP contribution is -2.32. The number of sulfonamides is 1. The van der Waals surface area contributed by atoms with Crippen LogP contribution in [-0.4, -0.2) is 43.5 Å². The van der Waals surface area contributed by atoms with Gasteiger partial charge in [0.2, 0.25) is 0 Å². The van der Waals surface area contributed by atoms with Crippen LogP contribution in [0.5, 0.6) is 0 Å². The Morgan fingerprint density at radius 3 is 2.65 bits per heavy atom. The van der Waals surface area contributed by atoms with E-state index in [9.17, 15) is 13.2 Å². The second kappa shape index (κ2) is 9.92. The number of nitrogens with zero attached hydrogens (tertiary/aromatic N) is 1. The summed E-state index contributed by atoms with van der Waals surface area (Å²) >= 11 is 1.50. The normalized spacial score (nSPS) is 16.2. The number of anilines is 1. The summed E-state index contributed by atoms with van der Waals surface area (Å²) in [7, 11) is -3.83. The van der Waals surface area contributed by atoms with Crippen LogP contribution in [0, 0.1) is 0 Å². The molecule has 194 valence electrons. The zero-order chi connectivity index (χ0) is 26.2. The Morgan fingerprint density at radius 2 is 2.00 bits per heavy atom. The largest absolute Gasteiger partial charge is 0.376 e. The number of pyridine rings is 1. The molecule has 3 aromatic heterocycles. The summed E-state index contributed by atoms with van der Waals surface area (Å²) < 4.78 is 34.5. The van der Waals surface area contributed by atoms with Crippen molar-refractivity contribution >= 4 is 44.0 Å². The number of carbonyl (C=O) groups is 1. The first kappa shape index (κ1) is 25.4. The van der Waals surface area contributed by atoms with Gasteiger partial charge in [0.05, 0.1) is 22.9 Å². The molecule has 1 aliphatic heterocycles. The van der Waals surface area contributed by atoms with Crippen LogP contribution in [0.15, 0.2) is 58.9 Å². The average Bonchev–Trinajstić information content (AvgIpc) is 3.62. The van der Waals surface area contributed by atoms with Gasteiger partial charge in [-0.25, -0.2) is 13.4 Å². The number of rotatable bonds is 7. The van der Waals surface area contributed by atoms with E-state index in [1.54, 1.807) is 18.2 Å². The molecule has 1 unspecified atom stereocenters. The quantitative estimate of drug-likeness (QED) is 0.296. The highest BCUT2D eigenvalue weighted by Gasteiger charge is 2.24. The molecular formula is C27H30N4O4S2. The zero-order valence-corrected chi connectivity index (χ0v) is 22.6. The third-order valence-electron chi connectivity index (χ3n) is 6.44. The minimum Gasteiger partial charge on any atom is -0.376 e. The van der Waals surface area contributed by atoms with Gasteiger partial charge in [0.25, 0.3) is 15.9 Å². The number of benzene rings is 1. The van der Waals surface area contributed by atoms with E-state index in [4.69, 9.17) is 4.74 Å². The van der Waals surface area contributed by atoms with Gasteiger partial charge in [0.1, 0.15) is 11.3 Å². The topological polar surface area (TPSA) is 113 Å². The van der Waals surface area contributed by atoms with Gasteiger partial charge in [-0.15, -0.1) is 11.3 Å². The minimum atomic E-state index is -3.83. The Bertz CT molecular complexity index is 1510. The molecule has 4 aromatic rings. The van der Waals surface area contributed by atoms with Gasteiger partial charge in [-0.05, 0) is 53.5 Å². The van der Waals surface area contributed by atoms with Crippen molar-refractivity contribution < 1.29 is 17.9 Å². The molecule has 5 rings (SSSR count). The molecule has 4 heterocycles. The molecule has 0 aliphatic carbocycles. The third-order valence-corrected chi connectivity index (χ3v) is 8.73. The second-order valence-corrected chi connectivity index (χ2v) is 12.8. The molecule has 1 amide bonds. The molecule has 1 atom stereocenters. The smallest absolute Gasteiger partial charge is 0.268 e. The van der Waals surface area contributed by atoms with Crippen LogP contribution < -0.4 is 10.0 Å². The van der Waals surface area contributed by atoms with E-state index in [1.165, 1.54) is 17.5 Å². The van der Waals surface area contributed by atoms with Crippen LogP contribution in [0.4, 0.5) is 5.69 Å². The molecule has 1 aliphatic rings. The standard InChI is InChI=1S/C27H30N4O4S2/c1-27(2,3)17-8-10-20(11-9-17)37(33,34)31-18-14-21-23(22-7-5-13-36-22)24(30-25(21)28-15-18)26(32)29-16-19-6-4-12-35-19/h5,7-11,13-15,19,31H,4,6,12,16H2,1-3H3,(H,28,30)(H,29,32). The van der Waals surface area contributed by atoms with E-state index in [0.717, 1.165) is 29.9 Å². The van der Waals surface area contributed by atoms with Gasteiger partial charge < -0.3 is 15.0 Å². The fourth-order valence-electron chi connectivity index (χ4n) is 4.42. The number of amides is 1. The summed E-state index contributed by atoms with van der Waals surface area (Å²) in [6.07, 6.45) is 3.40. The molecule has 0 bridgehead atoms. The number of ether oxygens (including phenoxy) is 1. The minimum absolute atomic E-state index is 0.0233. The van der Waals surface area contributed by atoms with Crippen molar-refractivity contribution in [2.75, 3.05) is 17.9 Å². The third kappa shape index (κ3) is 5.41. The SMILES string of the molecule is CC(C)(C)c1ccc(S(=O)(=O)Nc2cnc3[nH]c(C(=O)NCC4CCCO4)c(-c4cccs4)c3c2)cc1. The molecular weight excluding hydrogens is 508 g/mol. The van der Waals surface area contributed by atoms with Crippen molar-refractivity contribution in [2.45, 2.75) is 50.0 Å². The highest BCUT2D eigenvalue weighted by molar-refractivity contribution is 7.92. The van der Waals surface area contributed by atoms with Crippen molar-refractivity contribution in [2.24, 2.45) is 0 Å². The Morgan fingerprint density at radius 1 is 1.22 bits per heavy atom. The van der Waals surface area contributed by atoms with Gasteiger partial charge in [0.15, 0.2) is 0 Å². The number of H-pyrrole nitrogens is 1. The number of hydrogen-bond donors (Lipinski definition) is 3. The van der Waals surface area contributed by atoms with E-state index in [-0.39, 0.29) is 22.3 Å². The first-order valence-corrected chi connectivity index (χ1v) is 14.6. The maximum Gasteiger partial charge on any atom is 0.268 e. The molecule has 0 spiro atoms. The summed E-state index contributed by atoms with van der Waals surface area (Å²) in [5.74, 6) is -0.252. The molecule has 0 saturated carbocycles. The lowest BCUT2D eigenvalue weighted by molar-refractivity contribution is 0.0855.